The molecule has 0 atom stereocenters. The van der Waals surface area contributed by atoms with E-state index in [0.717, 1.165) is 31.9 Å². The molecule has 0 aliphatic heterocycles. The minimum absolute atomic E-state index is 0.291. The van der Waals surface area contributed by atoms with Crippen LogP contribution in [0.3, 0.4) is 0 Å². The molecule has 0 spiro atoms. The quantitative estimate of drug-likeness (QED) is 0.785. The van der Waals surface area contributed by atoms with Gasteiger partial charge >= 0.3 is 0 Å². The second-order valence-corrected chi connectivity index (χ2v) is 5.44. The van der Waals surface area contributed by atoms with Crippen molar-refractivity contribution in [3.63, 3.8) is 0 Å². The van der Waals surface area contributed by atoms with Gasteiger partial charge in [-0.25, -0.2) is 0 Å². The van der Waals surface area contributed by atoms with Gasteiger partial charge < -0.3 is 5.32 Å². The third-order valence-corrected chi connectivity index (χ3v) is 2.71. The lowest BCUT2D eigenvalue weighted by atomic mass is 9.92. The summed E-state index contributed by atoms with van der Waals surface area (Å²) in [6, 6.07) is 6.08. The van der Waals surface area contributed by atoms with Crippen LogP contribution in [-0.2, 0) is 6.54 Å². The molecular weight excluding hydrogens is 210 g/mol. The van der Waals surface area contributed by atoms with Crippen LogP contribution in [0.25, 0.3) is 0 Å². The molecule has 0 aliphatic carbocycles. The summed E-state index contributed by atoms with van der Waals surface area (Å²) in [5.74, 6) is 0. The van der Waals surface area contributed by atoms with Crippen LogP contribution in [0.2, 0.25) is 0 Å². The minimum atomic E-state index is 0.291. The Balaban J connectivity index is 2.41. The van der Waals surface area contributed by atoms with Crippen LogP contribution in [0.1, 0.15) is 26.5 Å². The normalized spacial score (nSPS) is 12.1. The third kappa shape index (κ3) is 5.80. The molecule has 0 aromatic carbocycles. The Kier molecular flexibility index (Phi) is 5.59. The van der Waals surface area contributed by atoms with Crippen LogP contribution < -0.4 is 5.32 Å². The molecule has 0 fully saturated rings. The van der Waals surface area contributed by atoms with Gasteiger partial charge in [0.2, 0.25) is 0 Å². The third-order valence-electron chi connectivity index (χ3n) is 2.71. The maximum absolute atomic E-state index is 4.35. The first-order chi connectivity index (χ1) is 8.03. The largest absolute Gasteiger partial charge is 0.316 e. The van der Waals surface area contributed by atoms with Crippen molar-refractivity contribution in [1.82, 2.24) is 15.2 Å². The number of rotatable bonds is 7. The van der Waals surface area contributed by atoms with Crippen molar-refractivity contribution in [1.29, 1.82) is 0 Å². The maximum Gasteiger partial charge on any atom is 0.0543 e. The summed E-state index contributed by atoms with van der Waals surface area (Å²) in [5.41, 5.74) is 1.42. The average Bonchev–Trinajstić information content (AvgIpc) is 2.27. The molecule has 0 saturated heterocycles. The van der Waals surface area contributed by atoms with Crippen LogP contribution in [0.15, 0.2) is 24.4 Å². The van der Waals surface area contributed by atoms with E-state index in [1.54, 1.807) is 0 Å². The first kappa shape index (κ1) is 14.1. The summed E-state index contributed by atoms with van der Waals surface area (Å²) in [6.07, 6.45) is 1.85. The van der Waals surface area contributed by atoms with Crippen molar-refractivity contribution in [2.24, 2.45) is 5.41 Å². The van der Waals surface area contributed by atoms with Crippen LogP contribution in [-0.4, -0.2) is 36.6 Å². The van der Waals surface area contributed by atoms with Gasteiger partial charge in [-0.15, -0.1) is 0 Å². The van der Waals surface area contributed by atoms with Crippen LogP contribution in [0.4, 0.5) is 0 Å². The molecular formula is C14H25N3. The van der Waals surface area contributed by atoms with Crippen molar-refractivity contribution >= 4 is 0 Å². The second kappa shape index (κ2) is 6.72. The van der Waals surface area contributed by atoms with E-state index < -0.39 is 0 Å². The highest BCUT2D eigenvalue weighted by Gasteiger charge is 2.19. The zero-order chi connectivity index (χ0) is 12.7. The zero-order valence-corrected chi connectivity index (χ0v) is 11.5. The Hall–Kier alpha value is -0.930. The zero-order valence-electron chi connectivity index (χ0n) is 11.5. The van der Waals surface area contributed by atoms with Gasteiger partial charge in [0.15, 0.2) is 0 Å². The van der Waals surface area contributed by atoms with E-state index in [1.807, 2.05) is 18.3 Å². The van der Waals surface area contributed by atoms with Gasteiger partial charge in [-0.1, -0.05) is 26.8 Å². The summed E-state index contributed by atoms with van der Waals surface area (Å²) in [6.45, 7) is 10.8. The minimum Gasteiger partial charge on any atom is -0.316 e. The summed E-state index contributed by atoms with van der Waals surface area (Å²) < 4.78 is 0. The van der Waals surface area contributed by atoms with Gasteiger partial charge in [-0.05, 0) is 31.1 Å². The van der Waals surface area contributed by atoms with Gasteiger partial charge in [-0.3, -0.25) is 9.88 Å². The number of hydrogen-bond donors (Lipinski definition) is 1. The van der Waals surface area contributed by atoms with Gasteiger partial charge in [0.25, 0.3) is 0 Å². The summed E-state index contributed by atoms with van der Waals surface area (Å²) >= 11 is 0. The van der Waals surface area contributed by atoms with Crippen molar-refractivity contribution < 1.29 is 0 Å². The SMILES string of the molecule is CCNCC(C)(C)CN(C)Cc1ccccn1. The van der Waals surface area contributed by atoms with E-state index in [2.05, 4.69) is 49.1 Å². The van der Waals surface area contributed by atoms with E-state index >= 15 is 0 Å². The van der Waals surface area contributed by atoms with Crippen LogP contribution in [0.5, 0.6) is 0 Å². The fraction of sp³-hybridized carbons (Fsp3) is 0.643. The van der Waals surface area contributed by atoms with Crippen LogP contribution >= 0.6 is 0 Å². The van der Waals surface area contributed by atoms with Crippen molar-refractivity contribution in [2.75, 3.05) is 26.7 Å². The fourth-order valence-corrected chi connectivity index (χ4v) is 2.07. The summed E-state index contributed by atoms with van der Waals surface area (Å²) in [7, 11) is 2.16. The second-order valence-electron chi connectivity index (χ2n) is 5.44. The molecule has 1 aromatic rings. The molecule has 96 valence electrons. The van der Waals surface area contributed by atoms with E-state index in [1.165, 1.54) is 0 Å². The van der Waals surface area contributed by atoms with Gasteiger partial charge in [0, 0.05) is 25.8 Å². The van der Waals surface area contributed by atoms with Crippen molar-refractivity contribution in [3.05, 3.63) is 30.1 Å². The van der Waals surface area contributed by atoms with Crippen LogP contribution in [0, 0.1) is 5.41 Å². The van der Waals surface area contributed by atoms with E-state index in [9.17, 15) is 0 Å². The Morgan fingerprint density at radius 3 is 2.71 bits per heavy atom. The van der Waals surface area contributed by atoms with E-state index in [-0.39, 0.29) is 0 Å². The molecule has 1 heterocycles. The standard InChI is InChI=1S/C14H25N3/c1-5-15-11-14(2,3)12-17(4)10-13-8-6-7-9-16-13/h6-9,15H,5,10-12H2,1-4H3. The predicted molar refractivity (Wildman–Crippen MR) is 72.9 cm³/mol. The molecule has 0 radical (unpaired) electrons. The molecule has 17 heavy (non-hydrogen) atoms. The lowest BCUT2D eigenvalue weighted by molar-refractivity contribution is 0.198. The Bertz CT molecular complexity index is 309. The molecule has 1 rings (SSSR count). The summed E-state index contributed by atoms with van der Waals surface area (Å²) in [5, 5.41) is 3.42. The lowest BCUT2D eigenvalue weighted by Gasteiger charge is -2.30. The van der Waals surface area contributed by atoms with Gasteiger partial charge in [0.1, 0.15) is 0 Å². The Labute approximate surface area is 105 Å². The lowest BCUT2D eigenvalue weighted by Crippen LogP contribution is -2.38. The van der Waals surface area contributed by atoms with E-state index in [4.69, 9.17) is 0 Å². The molecule has 3 heteroatoms. The molecule has 0 bridgehead atoms. The first-order valence-corrected chi connectivity index (χ1v) is 6.33. The molecule has 0 saturated carbocycles. The number of nitrogens with one attached hydrogen (secondary N) is 1. The predicted octanol–water partition coefficient (Wildman–Crippen LogP) is 2.15. The van der Waals surface area contributed by atoms with Gasteiger partial charge in [-0.2, -0.15) is 0 Å². The molecule has 1 N–H and O–H groups in total. The van der Waals surface area contributed by atoms with Crippen molar-refractivity contribution in [3.8, 4) is 0 Å². The number of hydrogen-bond acceptors (Lipinski definition) is 3. The summed E-state index contributed by atoms with van der Waals surface area (Å²) in [4.78, 5) is 6.69. The number of nitrogens with zero attached hydrogens (tertiary/aromatic N) is 2. The number of aromatic nitrogens is 1. The van der Waals surface area contributed by atoms with E-state index in [0.29, 0.717) is 5.41 Å². The first-order valence-electron chi connectivity index (χ1n) is 6.33. The Morgan fingerprint density at radius 1 is 1.35 bits per heavy atom. The monoisotopic (exact) mass is 235 g/mol. The van der Waals surface area contributed by atoms with Gasteiger partial charge in [0.05, 0.1) is 5.69 Å². The molecule has 0 aliphatic rings. The highest BCUT2D eigenvalue weighted by Crippen LogP contribution is 2.15. The maximum atomic E-state index is 4.35. The fourth-order valence-electron chi connectivity index (χ4n) is 2.07. The number of pyridine rings is 1. The highest BCUT2D eigenvalue weighted by atomic mass is 15.1. The molecule has 3 nitrogen and oxygen atoms in total. The highest BCUT2D eigenvalue weighted by molar-refractivity contribution is 5.03. The topological polar surface area (TPSA) is 28.2 Å². The molecule has 1 aromatic heterocycles. The molecule has 0 amide bonds. The van der Waals surface area contributed by atoms with Crippen molar-refractivity contribution in [2.45, 2.75) is 27.3 Å². The Morgan fingerprint density at radius 2 is 2.12 bits per heavy atom. The average molecular weight is 235 g/mol. The smallest absolute Gasteiger partial charge is 0.0543 e. The molecule has 0 unspecified atom stereocenters.